The number of thioether (sulfide) groups is 1. The fraction of sp³-hybridized carbons (Fsp3) is 0.238. The van der Waals surface area contributed by atoms with Gasteiger partial charge in [-0.15, -0.1) is 0 Å². The molecule has 0 aliphatic carbocycles. The van der Waals surface area contributed by atoms with Gasteiger partial charge in [-0.25, -0.2) is 0 Å². The molecular weight excluding hydrogens is 378 g/mol. The lowest BCUT2D eigenvalue weighted by Crippen LogP contribution is -2.29. The van der Waals surface area contributed by atoms with Gasteiger partial charge >= 0.3 is 0 Å². The van der Waals surface area contributed by atoms with Crippen LogP contribution in [0.1, 0.15) is 17.5 Å². The first kappa shape index (κ1) is 19.6. The predicted octanol–water partition coefficient (Wildman–Crippen LogP) is 4.50. The molecule has 140 valence electrons. The molecule has 1 aliphatic heterocycles. The molecule has 27 heavy (non-hydrogen) atoms. The first-order valence-electron chi connectivity index (χ1n) is 8.69. The summed E-state index contributed by atoms with van der Waals surface area (Å²) in [7, 11) is 1.65. The first-order chi connectivity index (χ1) is 13.2. The molecule has 1 saturated heterocycles. The third-order valence-electron chi connectivity index (χ3n) is 4.05. The lowest BCUT2D eigenvalue weighted by atomic mass is 10.1. The number of nitrogens with zero attached hydrogens (tertiary/aromatic N) is 1. The zero-order valence-electron chi connectivity index (χ0n) is 15.1. The summed E-state index contributed by atoms with van der Waals surface area (Å²) in [4.78, 5) is 14.9. The Bertz CT molecular complexity index is 836. The molecule has 1 amide bonds. The minimum absolute atomic E-state index is 0.0565. The Balaban J connectivity index is 1.73. The van der Waals surface area contributed by atoms with Gasteiger partial charge in [0.1, 0.15) is 16.7 Å². The summed E-state index contributed by atoms with van der Waals surface area (Å²) in [5, 5.41) is 0. The number of rotatable bonds is 8. The van der Waals surface area contributed by atoms with Crippen molar-refractivity contribution in [3.8, 4) is 5.75 Å². The molecule has 1 aliphatic rings. The van der Waals surface area contributed by atoms with Crippen LogP contribution in [0.5, 0.6) is 5.75 Å². The number of thiocarbonyl (C=S) groups is 1. The van der Waals surface area contributed by atoms with E-state index in [2.05, 4.69) is 0 Å². The van der Waals surface area contributed by atoms with Crippen molar-refractivity contribution in [3.63, 3.8) is 0 Å². The largest absolute Gasteiger partial charge is 0.488 e. The van der Waals surface area contributed by atoms with Gasteiger partial charge in [-0.2, -0.15) is 0 Å². The summed E-state index contributed by atoms with van der Waals surface area (Å²) >= 11 is 6.69. The maximum Gasteiger partial charge on any atom is 0.266 e. The monoisotopic (exact) mass is 399 g/mol. The maximum absolute atomic E-state index is 12.7. The topological polar surface area (TPSA) is 38.8 Å². The molecular formula is C21H21NO3S2. The van der Waals surface area contributed by atoms with Gasteiger partial charge in [0.25, 0.3) is 5.91 Å². The maximum atomic E-state index is 12.7. The third kappa shape index (κ3) is 5.19. The van der Waals surface area contributed by atoms with Gasteiger partial charge in [-0.3, -0.25) is 9.69 Å². The highest BCUT2D eigenvalue weighted by atomic mass is 32.2. The van der Waals surface area contributed by atoms with E-state index in [1.165, 1.54) is 11.8 Å². The van der Waals surface area contributed by atoms with Crippen LogP contribution in [0, 0.1) is 0 Å². The Morgan fingerprint density at radius 1 is 1.11 bits per heavy atom. The second-order valence-electron chi connectivity index (χ2n) is 5.99. The van der Waals surface area contributed by atoms with Gasteiger partial charge in [0.05, 0.1) is 4.91 Å². The molecule has 6 heteroatoms. The number of carbonyl (C=O) groups excluding carboxylic acids is 1. The van der Waals surface area contributed by atoms with Gasteiger partial charge in [0, 0.05) is 25.8 Å². The summed E-state index contributed by atoms with van der Waals surface area (Å²) in [6.07, 6.45) is 2.61. The van der Waals surface area contributed by atoms with Gasteiger partial charge in [0.2, 0.25) is 0 Å². The van der Waals surface area contributed by atoms with Crippen LogP contribution in [0.3, 0.4) is 0 Å². The summed E-state index contributed by atoms with van der Waals surface area (Å²) in [5.74, 6) is 0.685. The quantitative estimate of drug-likeness (QED) is 0.371. The molecule has 0 saturated carbocycles. The smallest absolute Gasteiger partial charge is 0.266 e. The van der Waals surface area contributed by atoms with Crippen molar-refractivity contribution in [3.05, 3.63) is 70.6 Å². The van der Waals surface area contributed by atoms with Gasteiger partial charge in [-0.1, -0.05) is 72.5 Å². The van der Waals surface area contributed by atoms with E-state index in [4.69, 9.17) is 21.7 Å². The Morgan fingerprint density at radius 2 is 1.85 bits per heavy atom. The van der Waals surface area contributed by atoms with Crippen LogP contribution >= 0.6 is 24.0 Å². The second-order valence-corrected chi connectivity index (χ2v) is 7.67. The number of hydrogen-bond acceptors (Lipinski definition) is 5. The van der Waals surface area contributed by atoms with Crippen molar-refractivity contribution in [2.45, 2.75) is 13.0 Å². The van der Waals surface area contributed by atoms with Crippen LogP contribution in [0.4, 0.5) is 0 Å². The summed E-state index contributed by atoms with van der Waals surface area (Å²) in [5.41, 5.74) is 1.96. The van der Waals surface area contributed by atoms with E-state index in [1.807, 2.05) is 60.7 Å². The number of carbonyl (C=O) groups is 1. The van der Waals surface area contributed by atoms with E-state index < -0.39 is 0 Å². The van der Waals surface area contributed by atoms with E-state index in [0.717, 1.165) is 23.3 Å². The average Bonchev–Trinajstić information content (AvgIpc) is 2.95. The van der Waals surface area contributed by atoms with Crippen LogP contribution < -0.4 is 4.74 Å². The molecule has 4 nitrogen and oxygen atoms in total. The molecule has 0 unspecified atom stereocenters. The third-order valence-corrected chi connectivity index (χ3v) is 5.42. The second kappa shape index (κ2) is 9.69. The van der Waals surface area contributed by atoms with Crippen LogP contribution in [0.2, 0.25) is 0 Å². The first-order valence-corrected chi connectivity index (χ1v) is 9.91. The van der Waals surface area contributed by atoms with Crippen molar-refractivity contribution in [1.82, 2.24) is 4.90 Å². The van der Waals surface area contributed by atoms with E-state index >= 15 is 0 Å². The molecule has 3 rings (SSSR count). The summed E-state index contributed by atoms with van der Waals surface area (Å²) in [6.45, 7) is 1.65. The lowest BCUT2D eigenvalue weighted by Gasteiger charge is -2.13. The highest BCUT2D eigenvalue weighted by Gasteiger charge is 2.31. The Morgan fingerprint density at radius 3 is 2.63 bits per heavy atom. The van der Waals surface area contributed by atoms with Crippen LogP contribution in [0.15, 0.2) is 59.5 Å². The van der Waals surface area contributed by atoms with Crippen LogP contribution in [0.25, 0.3) is 6.08 Å². The predicted molar refractivity (Wildman–Crippen MR) is 114 cm³/mol. The van der Waals surface area contributed by atoms with E-state index in [0.29, 0.717) is 29.0 Å². The standard InChI is InChI=1S/C21H21NO3S2/c1-24-13-7-12-22-20(23)19(27-21(22)26)14-17-10-5-6-11-18(17)25-15-16-8-3-2-4-9-16/h2-6,8-11,14H,7,12-13,15H2,1H3/b19-14-. The zero-order valence-corrected chi connectivity index (χ0v) is 16.7. The van der Waals surface area contributed by atoms with E-state index in [1.54, 1.807) is 12.0 Å². The van der Waals surface area contributed by atoms with Crippen molar-refractivity contribution in [2.75, 3.05) is 20.3 Å². The van der Waals surface area contributed by atoms with E-state index in [9.17, 15) is 4.79 Å². The minimum Gasteiger partial charge on any atom is -0.488 e. The minimum atomic E-state index is -0.0565. The highest BCUT2D eigenvalue weighted by Crippen LogP contribution is 2.34. The molecule has 1 fully saturated rings. The lowest BCUT2D eigenvalue weighted by molar-refractivity contribution is -0.122. The molecule has 0 spiro atoms. The Kier molecular flexibility index (Phi) is 7.04. The van der Waals surface area contributed by atoms with Crippen molar-refractivity contribution in [2.24, 2.45) is 0 Å². The fourth-order valence-corrected chi connectivity index (χ4v) is 3.97. The molecule has 1 heterocycles. The van der Waals surface area contributed by atoms with Gasteiger partial charge in [0.15, 0.2) is 0 Å². The normalized spacial score (nSPS) is 15.6. The Labute approximate surface area is 169 Å². The van der Waals surface area contributed by atoms with Crippen LogP contribution in [-0.4, -0.2) is 35.4 Å². The van der Waals surface area contributed by atoms with Gasteiger partial charge < -0.3 is 9.47 Å². The van der Waals surface area contributed by atoms with Crippen molar-refractivity contribution >= 4 is 40.3 Å². The number of benzene rings is 2. The number of methoxy groups -OCH3 is 1. The van der Waals surface area contributed by atoms with Gasteiger partial charge in [-0.05, 0) is 24.1 Å². The van der Waals surface area contributed by atoms with Crippen LogP contribution in [-0.2, 0) is 16.1 Å². The van der Waals surface area contributed by atoms with Crippen molar-refractivity contribution in [1.29, 1.82) is 0 Å². The number of ether oxygens (including phenoxy) is 2. The summed E-state index contributed by atoms with van der Waals surface area (Å²) < 4.78 is 11.6. The molecule has 0 N–H and O–H groups in total. The SMILES string of the molecule is COCCCN1C(=O)/C(=C/c2ccccc2OCc2ccccc2)SC1=S. The molecule has 0 aromatic heterocycles. The molecule has 2 aromatic rings. The summed E-state index contributed by atoms with van der Waals surface area (Å²) in [6, 6.07) is 17.7. The molecule has 0 atom stereocenters. The highest BCUT2D eigenvalue weighted by molar-refractivity contribution is 8.26. The number of hydrogen-bond donors (Lipinski definition) is 0. The number of amides is 1. The Hall–Kier alpha value is -2.15. The average molecular weight is 400 g/mol. The molecule has 0 bridgehead atoms. The molecule has 0 radical (unpaired) electrons. The fourth-order valence-electron chi connectivity index (χ4n) is 2.67. The van der Waals surface area contributed by atoms with Crippen molar-refractivity contribution < 1.29 is 14.3 Å². The van der Waals surface area contributed by atoms with E-state index in [-0.39, 0.29) is 5.91 Å². The number of para-hydroxylation sites is 1. The zero-order chi connectivity index (χ0) is 19.1. The molecule has 2 aromatic carbocycles.